The monoisotopic (exact) mass is 293 g/mol. The van der Waals surface area contributed by atoms with Crippen LogP contribution in [0.15, 0.2) is 24.3 Å². The first kappa shape index (κ1) is 15.4. The zero-order chi connectivity index (χ0) is 14.8. The van der Waals surface area contributed by atoms with Crippen molar-refractivity contribution >= 4 is 17.5 Å². The summed E-state index contributed by atoms with van der Waals surface area (Å²) in [5.74, 6) is 1.46. The molecule has 1 amide bonds. The fraction of sp³-hybridized carbons (Fsp3) is 0.588. The molecule has 1 saturated carbocycles. The van der Waals surface area contributed by atoms with Crippen LogP contribution in [0.25, 0.3) is 0 Å². The third kappa shape index (κ3) is 3.35. The number of amides is 1. The molecule has 1 aromatic rings. The number of carbonyl (C=O) groups excluding carboxylic acids is 1. The molecule has 0 aromatic heterocycles. The van der Waals surface area contributed by atoms with Crippen LogP contribution in [-0.2, 0) is 11.3 Å². The van der Waals surface area contributed by atoms with Crippen molar-refractivity contribution in [1.29, 1.82) is 0 Å². The van der Waals surface area contributed by atoms with Crippen LogP contribution in [0.3, 0.4) is 0 Å². The fourth-order valence-electron chi connectivity index (χ4n) is 3.26. The summed E-state index contributed by atoms with van der Waals surface area (Å²) in [4.78, 5) is 12.0. The Morgan fingerprint density at radius 1 is 1.30 bits per heavy atom. The van der Waals surface area contributed by atoms with E-state index in [9.17, 15) is 4.79 Å². The molecule has 0 spiro atoms. The summed E-state index contributed by atoms with van der Waals surface area (Å²) < 4.78 is 0. The molecule has 1 aliphatic carbocycles. The van der Waals surface area contributed by atoms with Crippen molar-refractivity contribution in [2.45, 2.75) is 46.6 Å². The topological polar surface area (TPSA) is 29.1 Å². The van der Waals surface area contributed by atoms with Gasteiger partial charge >= 0.3 is 0 Å². The van der Waals surface area contributed by atoms with Gasteiger partial charge in [0.1, 0.15) is 0 Å². The fourth-order valence-corrected chi connectivity index (χ4v) is 3.39. The van der Waals surface area contributed by atoms with Crippen molar-refractivity contribution < 1.29 is 4.79 Å². The van der Waals surface area contributed by atoms with Crippen molar-refractivity contribution in [1.82, 2.24) is 5.32 Å². The molecule has 0 aliphatic heterocycles. The average molecular weight is 294 g/mol. The molecule has 1 fully saturated rings. The van der Waals surface area contributed by atoms with Crippen LogP contribution in [-0.4, -0.2) is 5.91 Å². The Morgan fingerprint density at radius 2 is 1.95 bits per heavy atom. The van der Waals surface area contributed by atoms with Crippen molar-refractivity contribution in [2.24, 2.45) is 17.3 Å². The summed E-state index contributed by atoms with van der Waals surface area (Å²) in [7, 11) is 0. The second kappa shape index (κ2) is 6.17. The minimum Gasteiger partial charge on any atom is -0.352 e. The molecule has 0 saturated heterocycles. The van der Waals surface area contributed by atoms with Crippen LogP contribution in [0, 0.1) is 17.3 Å². The molecule has 20 heavy (non-hydrogen) atoms. The van der Waals surface area contributed by atoms with Crippen LogP contribution in [0.5, 0.6) is 0 Å². The molecule has 3 heteroatoms. The molecular formula is C17H24ClNO. The largest absolute Gasteiger partial charge is 0.352 e. The molecule has 2 atom stereocenters. The zero-order valence-corrected chi connectivity index (χ0v) is 13.3. The predicted octanol–water partition coefficient (Wildman–Crippen LogP) is 4.42. The minimum atomic E-state index is 0.160. The molecule has 0 radical (unpaired) electrons. The van der Waals surface area contributed by atoms with Crippen molar-refractivity contribution in [2.75, 3.05) is 0 Å². The second-order valence-corrected chi connectivity index (χ2v) is 6.90. The molecule has 2 rings (SSSR count). The summed E-state index contributed by atoms with van der Waals surface area (Å²) in [6.07, 6.45) is 3.06. The van der Waals surface area contributed by atoms with Crippen molar-refractivity contribution in [3.05, 3.63) is 34.9 Å². The van der Waals surface area contributed by atoms with Crippen LogP contribution in [0.4, 0.5) is 0 Å². The van der Waals surface area contributed by atoms with E-state index in [4.69, 9.17) is 11.6 Å². The van der Waals surface area contributed by atoms with E-state index in [0.717, 1.165) is 16.5 Å². The van der Waals surface area contributed by atoms with Gasteiger partial charge in [0.05, 0.1) is 0 Å². The van der Waals surface area contributed by atoms with Crippen LogP contribution in [0.1, 0.15) is 45.6 Å². The Bertz CT molecular complexity index is 466. The smallest absolute Gasteiger partial charge is 0.220 e. The Morgan fingerprint density at radius 3 is 2.50 bits per heavy atom. The highest BCUT2D eigenvalue weighted by atomic mass is 35.5. The van der Waals surface area contributed by atoms with Crippen LogP contribution >= 0.6 is 11.6 Å². The first-order valence-electron chi connectivity index (χ1n) is 7.44. The summed E-state index contributed by atoms with van der Waals surface area (Å²) >= 11 is 5.84. The van der Waals surface area contributed by atoms with Crippen molar-refractivity contribution in [3.63, 3.8) is 0 Å². The Balaban J connectivity index is 1.78. The predicted molar refractivity (Wildman–Crippen MR) is 83.6 cm³/mol. The van der Waals surface area contributed by atoms with Gasteiger partial charge in [-0.2, -0.15) is 0 Å². The lowest BCUT2D eigenvalue weighted by atomic mass is 9.53. The van der Waals surface area contributed by atoms with Gasteiger partial charge in [0.2, 0.25) is 5.91 Å². The van der Waals surface area contributed by atoms with Gasteiger partial charge in [0.15, 0.2) is 0 Å². The lowest BCUT2D eigenvalue weighted by Gasteiger charge is -2.52. The molecule has 2 nitrogen and oxygen atoms in total. The van der Waals surface area contributed by atoms with Crippen LogP contribution in [0.2, 0.25) is 5.02 Å². The Hall–Kier alpha value is -1.02. The maximum Gasteiger partial charge on any atom is 0.220 e. The number of hydrogen-bond donors (Lipinski definition) is 1. The van der Waals surface area contributed by atoms with E-state index in [-0.39, 0.29) is 5.91 Å². The quantitative estimate of drug-likeness (QED) is 0.855. The first-order chi connectivity index (χ1) is 9.43. The average Bonchev–Trinajstić information content (AvgIpc) is 2.42. The highest BCUT2D eigenvalue weighted by molar-refractivity contribution is 6.30. The highest BCUT2D eigenvalue weighted by Crippen LogP contribution is 2.54. The number of halogens is 1. The zero-order valence-electron chi connectivity index (χ0n) is 12.6. The van der Waals surface area contributed by atoms with Gasteiger partial charge in [-0.1, -0.05) is 50.9 Å². The van der Waals surface area contributed by atoms with Crippen molar-refractivity contribution in [3.8, 4) is 0 Å². The van der Waals surface area contributed by atoms with Gasteiger partial charge in [-0.05, 0) is 41.4 Å². The minimum absolute atomic E-state index is 0.160. The van der Waals surface area contributed by atoms with Gasteiger partial charge in [0.25, 0.3) is 0 Å². The van der Waals surface area contributed by atoms with Gasteiger partial charge in [-0.25, -0.2) is 0 Å². The Labute approximate surface area is 126 Å². The van der Waals surface area contributed by atoms with E-state index >= 15 is 0 Å². The number of carbonyl (C=O) groups is 1. The number of benzene rings is 1. The standard InChI is InChI=1S/C17H24ClNO/c1-4-13-9-14(17(13,2)3)10-16(20)19-11-12-5-7-15(18)8-6-12/h5-8,13-14H,4,9-11H2,1-3H3,(H,19,20)/t13-,14-/m0/s1. The molecule has 0 unspecified atom stereocenters. The summed E-state index contributed by atoms with van der Waals surface area (Å²) in [6.45, 7) is 7.41. The van der Waals surface area contributed by atoms with Gasteiger partial charge in [-0.15, -0.1) is 0 Å². The van der Waals surface area contributed by atoms with Crippen LogP contribution < -0.4 is 5.32 Å². The normalized spacial score (nSPS) is 24.0. The number of hydrogen-bond acceptors (Lipinski definition) is 1. The summed E-state index contributed by atoms with van der Waals surface area (Å²) in [5, 5.41) is 3.73. The lowest BCUT2D eigenvalue weighted by molar-refractivity contribution is -0.127. The number of rotatable bonds is 5. The highest BCUT2D eigenvalue weighted by Gasteiger charge is 2.47. The lowest BCUT2D eigenvalue weighted by Crippen LogP contribution is -2.46. The van der Waals surface area contributed by atoms with E-state index in [1.165, 1.54) is 12.8 Å². The first-order valence-corrected chi connectivity index (χ1v) is 7.82. The van der Waals surface area contributed by atoms with E-state index in [1.807, 2.05) is 24.3 Å². The molecule has 1 aromatic carbocycles. The van der Waals surface area contributed by atoms with Gasteiger partial charge in [0, 0.05) is 18.0 Å². The van der Waals surface area contributed by atoms with E-state index < -0.39 is 0 Å². The molecule has 0 heterocycles. The molecular weight excluding hydrogens is 270 g/mol. The van der Waals surface area contributed by atoms with Gasteiger partial charge < -0.3 is 5.32 Å². The summed E-state index contributed by atoms with van der Waals surface area (Å²) in [6, 6.07) is 7.60. The molecule has 0 bridgehead atoms. The van der Waals surface area contributed by atoms with E-state index in [0.29, 0.717) is 24.3 Å². The maximum atomic E-state index is 12.0. The SMILES string of the molecule is CC[C@H]1C[C@@H](CC(=O)NCc2ccc(Cl)cc2)C1(C)C. The summed E-state index contributed by atoms with van der Waals surface area (Å²) in [5.41, 5.74) is 1.40. The van der Waals surface area contributed by atoms with Gasteiger partial charge in [-0.3, -0.25) is 4.79 Å². The molecule has 1 N–H and O–H groups in total. The van der Waals surface area contributed by atoms with E-state index in [1.54, 1.807) is 0 Å². The third-order valence-electron chi connectivity index (χ3n) is 5.00. The molecule has 1 aliphatic rings. The maximum absolute atomic E-state index is 12.0. The number of nitrogens with one attached hydrogen (secondary N) is 1. The third-order valence-corrected chi connectivity index (χ3v) is 5.25. The second-order valence-electron chi connectivity index (χ2n) is 6.47. The Kier molecular flexibility index (Phi) is 4.74. The van der Waals surface area contributed by atoms with E-state index in [2.05, 4.69) is 26.1 Å². The molecule has 110 valence electrons.